The molecule has 1 aliphatic heterocycles. The van der Waals surface area contributed by atoms with E-state index in [1.807, 2.05) is 12.3 Å². The molecule has 1 aliphatic rings. The van der Waals surface area contributed by atoms with Crippen molar-refractivity contribution >= 4 is 16.6 Å². The van der Waals surface area contributed by atoms with Crippen molar-refractivity contribution in [2.24, 2.45) is 0 Å². The summed E-state index contributed by atoms with van der Waals surface area (Å²) in [5.41, 5.74) is 4.70. The van der Waals surface area contributed by atoms with Gasteiger partial charge in [0.1, 0.15) is 0 Å². The van der Waals surface area contributed by atoms with Crippen LogP contribution in [-0.2, 0) is 6.42 Å². The van der Waals surface area contributed by atoms with Gasteiger partial charge in [-0.25, -0.2) is 0 Å². The minimum atomic E-state index is -0.349. The average molecular weight is 293 g/mol. The van der Waals surface area contributed by atoms with Gasteiger partial charge in [0.2, 0.25) is 0 Å². The van der Waals surface area contributed by atoms with E-state index in [0.29, 0.717) is 0 Å². The predicted molar refractivity (Wildman–Crippen MR) is 84.9 cm³/mol. The fraction of sp³-hybridized carbons (Fsp3) is 0.176. The molecule has 4 rings (SSSR count). The van der Waals surface area contributed by atoms with Crippen LogP contribution in [0.5, 0.6) is 0 Å². The Bertz CT molecular complexity index is 869. The third-order valence-electron chi connectivity index (χ3n) is 4.33. The van der Waals surface area contributed by atoms with Crippen LogP contribution in [0.1, 0.15) is 22.7 Å². The number of fused-ring (bicyclic) bond motifs is 2. The SMILES string of the molecule is O=[N+]([O-])c1ccc2[nH]cc(C3NCCc4ccccc43)c2c1. The van der Waals surface area contributed by atoms with Gasteiger partial charge in [0.15, 0.2) is 0 Å². The Morgan fingerprint density at radius 3 is 2.86 bits per heavy atom. The van der Waals surface area contributed by atoms with E-state index < -0.39 is 0 Å². The lowest BCUT2D eigenvalue weighted by molar-refractivity contribution is -0.384. The zero-order chi connectivity index (χ0) is 15.1. The van der Waals surface area contributed by atoms with Crippen LogP contribution in [0.2, 0.25) is 0 Å². The first-order chi connectivity index (χ1) is 10.7. The number of hydrogen-bond donors (Lipinski definition) is 2. The van der Waals surface area contributed by atoms with Gasteiger partial charge in [-0.3, -0.25) is 10.1 Å². The zero-order valence-corrected chi connectivity index (χ0v) is 11.9. The summed E-state index contributed by atoms with van der Waals surface area (Å²) in [7, 11) is 0. The number of aromatic nitrogens is 1. The van der Waals surface area contributed by atoms with E-state index in [0.717, 1.165) is 29.4 Å². The molecule has 0 spiro atoms. The molecule has 0 fully saturated rings. The lowest BCUT2D eigenvalue weighted by atomic mass is 9.90. The molecule has 1 aromatic heterocycles. The number of hydrogen-bond acceptors (Lipinski definition) is 3. The van der Waals surface area contributed by atoms with Gasteiger partial charge in [-0.2, -0.15) is 0 Å². The second-order valence-corrected chi connectivity index (χ2v) is 5.57. The van der Waals surface area contributed by atoms with Crippen molar-refractivity contribution in [3.8, 4) is 0 Å². The van der Waals surface area contributed by atoms with E-state index >= 15 is 0 Å². The van der Waals surface area contributed by atoms with Crippen LogP contribution < -0.4 is 5.32 Å². The molecule has 2 heterocycles. The first kappa shape index (κ1) is 13.0. The molecule has 110 valence electrons. The molecule has 22 heavy (non-hydrogen) atoms. The van der Waals surface area contributed by atoms with Crippen molar-refractivity contribution in [1.29, 1.82) is 0 Å². The Kier molecular flexibility index (Phi) is 2.94. The van der Waals surface area contributed by atoms with Gasteiger partial charge in [0, 0.05) is 35.8 Å². The topological polar surface area (TPSA) is 71.0 Å². The Hall–Kier alpha value is -2.66. The van der Waals surface area contributed by atoms with Crippen molar-refractivity contribution in [3.63, 3.8) is 0 Å². The summed E-state index contributed by atoms with van der Waals surface area (Å²) in [5.74, 6) is 0. The number of benzene rings is 2. The summed E-state index contributed by atoms with van der Waals surface area (Å²) in [6, 6.07) is 13.4. The predicted octanol–water partition coefficient (Wildman–Crippen LogP) is 3.31. The largest absolute Gasteiger partial charge is 0.361 e. The second-order valence-electron chi connectivity index (χ2n) is 5.57. The molecular weight excluding hydrogens is 278 g/mol. The van der Waals surface area contributed by atoms with Crippen LogP contribution in [0.25, 0.3) is 10.9 Å². The number of nitrogens with zero attached hydrogens (tertiary/aromatic N) is 1. The minimum Gasteiger partial charge on any atom is -0.361 e. The number of H-pyrrole nitrogens is 1. The fourth-order valence-electron chi connectivity index (χ4n) is 3.26. The molecular formula is C17H15N3O2. The van der Waals surface area contributed by atoms with Gasteiger partial charge in [-0.1, -0.05) is 24.3 Å². The second kappa shape index (κ2) is 4.96. The van der Waals surface area contributed by atoms with Gasteiger partial charge in [-0.05, 0) is 29.2 Å². The van der Waals surface area contributed by atoms with Crippen LogP contribution >= 0.6 is 0 Å². The standard InChI is InChI=1S/C17H15N3O2/c21-20(22)12-5-6-16-14(9-12)15(10-19-16)17-13-4-2-1-3-11(13)7-8-18-17/h1-6,9-10,17-19H,7-8H2. The molecule has 5 nitrogen and oxygen atoms in total. The third-order valence-corrected chi connectivity index (χ3v) is 4.33. The summed E-state index contributed by atoms with van der Waals surface area (Å²) in [6.07, 6.45) is 2.96. The van der Waals surface area contributed by atoms with Crippen molar-refractivity contribution < 1.29 is 4.92 Å². The van der Waals surface area contributed by atoms with Crippen LogP contribution in [0.3, 0.4) is 0 Å². The maximum atomic E-state index is 11.0. The van der Waals surface area contributed by atoms with E-state index in [4.69, 9.17) is 0 Å². The monoisotopic (exact) mass is 293 g/mol. The van der Waals surface area contributed by atoms with E-state index in [1.165, 1.54) is 17.2 Å². The number of nitro groups is 1. The average Bonchev–Trinajstić information content (AvgIpc) is 2.97. The number of nitrogens with one attached hydrogen (secondary N) is 2. The Morgan fingerprint density at radius 1 is 1.14 bits per heavy atom. The molecule has 0 saturated carbocycles. The van der Waals surface area contributed by atoms with E-state index in [2.05, 4.69) is 28.5 Å². The molecule has 0 aliphatic carbocycles. The number of non-ortho nitro benzene ring substituents is 1. The highest BCUT2D eigenvalue weighted by Crippen LogP contribution is 2.34. The zero-order valence-electron chi connectivity index (χ0n) is 11.9. The van der Waals surface area contributed by atoms with Gasteiger partial charge in [-0.15, -0.1) is 0 Å². The molecule has 3 aromatic rings. The normalized spacial score (nSPS) is 17.4. The van der Waals surface area contributed by atoms with E-state index in [9.17, 15) is 10.1 Å². The lowest BCUT2D eigenvalue weighted by Gasteiger charge is -2.26. The Balaban J connectivity index is 1.88. The van der Waals surface area contributed by atoms with Crippen molar-refractivity contribution in [1.82, 2.24) is 10.3 Å². The number of nitro benzene ring substituents is 1. The third kappa shape index (κ3) is 1.98. The highest BCUT2D eigenvalue weighted by atomic mass is 16.6. The molecule has 1 unspecified atom stereocenters. The Morgan fingerprint density at radius 2 is 2.00 bits per heavy atom. The van der Waals surface area contributed by atoms with Crippen molar-refractivity contribution in [2.75, 3.05) is 6.54 Å². The summed E-state index contributed by atoms with van der Waals surface area (Å²) >= 11 is 0. The van der Waals surface area contributed by atoms with Crippen LogP contribution in [0.4, 0.5) is 5.69 Å². The molecule has 2 N–H and O–H groups in total. The molecule has 5 heteroatoms. The summed E-state index contributed by atoms with van der Waals surface area (Å²) in [4.78, 5) is 13.9. The molecule has 2 aromatic carbocycles. The van der Waals surface area contributed by atoms with Crippen LogP contribution in [-0.4, -0.2) is 16.5 Å². The van der Waals surface area contributed by atoms with Crippen LogP contribution in [0, 0.1) is 10.1 Å². The van der Waals surface area contributed by atoms with Crippen LogP contribution in [0.15, 0.2) is 48.7 Å². The number of rotatable bonds is 2. The maximum absolute atomic E-state index is 11.0. The first-order valence-electron chi connectivity index (χ1n) is 7.30. The smallest absolute Gasteiger partial charge is 0.270 e. The maximum Gasteiger partial charge on any atom is 0.270 e. The highest BCUT2D eigenvalue weighted by Gasteiger charge is 2.24. The quantitative estimate of drug-likeness (QED) is 0.562. The fourth-order valence-corrected chi connectivity index (χ4v) is 3.26. The van der Waals surface area contributed by atoms with Gasteiger partial charge < -0.3 is 10.3 Å². The molecule has 0 bridgehead atoms. The van der Waals surface area contributed by atoms with E-state index in [-0.39, 0.29) is 16.7 Å². The highest BCUT2D eigenvalue weighted by molar-refractivity contribution is 5.86. The molecule has 0 radical (unpaired) electrons. The first-order valence-corrected chi connectivity index (χ1v) is 7.30. The number of aromatic amines is 1. The minimum absolute atomic E-state index is 0.0701. The van der Waals surface area contributed by atoms with Gasteiger partial charge in [0.25, 0.3) is 5.69 Å². The summed E-state index contributed by atoms with van der Waals surface area (Å²) in [5, 5.41) is 15.5. The Labute approximate surface area is 127 Å². The van der Waals surface area contributed by atoms with Gasteiger partial charge >= 0.3 is 0 Å². The summed E-state index contributed by atoms with van der Waals surface area (Å²) in [6.45, 7) is 0.906. The van der Waals surface area contributed by atoms with E-state index in [1.54, 1.807) is 12.1 Å². The van der Waals surface area contributed by atoms with Crippen molar-refractivity contribution in [3.05, 3.63) is 75.5 Å². The van der Waals surface area contributed by atoms with Gasteiger partial charge in [0.05, 0.1) is 11.0 Å². The molecule has 0 amide bonds. The van der Waals surface area contributed by atoms with Crippen molar-refractivity contribution in [2.45, 2.75) is 12.5 Å². The molecule has 1 atom stereocenters. The molecule has 0 saturated heterocycles. The summed E-state index contributed by atoms with van der Waals surface area (Å²) < 4.78 is 0. The lowest BCUT2D eigenvalue weighted by Crippen LogP contribution is -2.30.